The zero-order valence-electron chi connectivity index (χ0n) is 15.2. The number of aryl methyl sites for hydroxylation is 1. The summed E-state index contributed by atoms with van der Waals surface area (Å²) in [5.74, 6) is 2.02. The third kappa shape index (κ3) is 4.25. The summed E-state index contributed by atoms with van der Waals surface area (Å²) < 4.78 is 0. The van der Waals surface area contributed by atoms with Gasteiger partial charge >= 0.3 is 0 Å². The lowest BCUT2D eigenvalue weighted by atomic mass is 9.86. The van der Waals surface area contributed by atoms with E-state index in [1.54, 1.807) is 18.6 Å². The molecule has 0 aliphatic carbocycles. The van der Waals surface area contributed by atoms with Crippen molar-refractivity contribution in [3.8, 4) is 11.1 Å². The molecule has 2 aromatic rings. The number of anilines is 2. The fourth-order valence-corrected chi connectivity index (χ4v) is 3.65. The molecule has 3 N–H and O–H groups in total. The summed E-state index contributed by atoms with van der Waals surface area (Å²) in [5, 5.41) is 10.1. The van der Waals surface area contributed by atoms with Gasteiger partial charge in [-0.25, -0.2) is 15.0 Å². The van der Waals surface area contributed by atoms with Gasteiger partial charge in [-0.15, -0.1) is 0 Å². The highest BCUT2D eigenvalue weighted by Gasteiger charge is 2.27. The van der Waals surface area contributed by atoms with Crippen molar-refractivity contribution in [3.05, 3.63) is 30.4 Å². The molecule has 25 heavy (non-hydrogen) atoms. The molecule has 0 aromatic carbocycles. The van der Waals surface area contributed by atoms with Crippen LogP contribution in [0.2, 0.25) is 0 Å². The van der Waals surface area contributed by atoms with E-state index in [1.807, 2.05) is 26.8 Å². The van der Waals surface area contributed by atoms with Crippen molar-refractivity contribution in [1.82, 2.24) is 15.0 Å². The predicted octanol–water partition coefficient (Wildman–Crippen LogP) is 2.81. The third-order valence-corrected chi connectivity index (χ3v) is 4.79. The van der Waals surface area contributed by atoms with Gasteiger partial charge in [-0.2, -0.15) is 0 Å². The van der Waals surface area contributed by atoms with E-state index in [1.165, 1.54) is 0 Å². The number of hydrogen-bond acceptors (Lipinski definition) is 6. The van der Waals surface area contributed by atoms with Crippen LogP contribution in [-0.4, -0.2) is 38.7 Å². The number of aromatic nitrogens is 3. The van der Waals surface area contributed by atoms with Gasteiger partial charge in [-0.3, -0.25) is 0 Å². The van der Waals surface area contributed by atoms with Crippen LogP contribution in [0.15, 0.2) is 24.7 Å². The molecule has 0 unspecified atom stereocenters. The number of aliphatic hydroxyl groups is 1. The fourth-order valence-electron chi connectivity index (χ4n) is 3.65. The van der Waals surface area contributed by atoms with Crippen LogP contribution in [0.5, 0.6) is 0 Å². The first kappa shape index (κ1) is 17.6. The lowest BCUT2D eigenvalue weighted by Crippen LogP contribution is -2.37. The maximum Gasteiger partial charge on any atom is 0.140 e. The number of nitrogens with two attached hydrogens (primary N) is 1. The highest BCUT2D eigenvalue weighted by atomic mass is 16.3. The second-order valence-electron chi connectivity index (χ2n) is 7.58. The Bertz CT molecular complexity index is 716. The Morgan fingerprint density at radius 2 is 1.92 bits per heavy atom. The van der Waals surface area contributed by atoms with Crippen LogP contribution in [0, 0.1) is 12.8 Å². The van der Waals surface area contributed by atoms with Crippen molar-refractivity contribution < 1.29 is 5.11 Å². The zero-order chi connectivity index (χ0) is 18.0. The van der Waals surface area contributed by atoms with E-state index in [0.717, 1.165) is 55.0 Å². The number of nitrogen functional groups attached to an aromatic ring is 1. The van der Waals surface area contributed by atoms with E-state index in [-0.39, 0.29) is 0 Å². The number of nitrogens with zero attached hydrogens (tertiary/aromatic N) is 4. The largest absolute Gasteiger partial charge is 0.390 e. The molecule has 6 nitrogen and oxygen atoms in total. The highest BCUT2D eigenvalue weighted by Crippen LogP contribution is 2.34. The van der Waals surface area contributed by atoms with Crippen LogP contribution < -0.4 is 10.6 Å². The first-order valence-corrected chi connectivity index (χ1v) is 8.84. The Kier molecular flexibility index (Phi) is 4.90. The topological polar surface area (TPSA) is 88.2 Å². The molecule has 3 rings (SSSR count). The van der Waals surface area contributed by atoms with Crippen LogP contribution in [0.4, 0.5) is 11.6 Å². The van der Waals surface area contributed by atoms with E-state index >= 15 is 0 Å². The maximum atomic E-state index is 10.1. The second-order valence-corrected chi connectivity index (χ2v) is 7.58. The number of rotatable bonds is 4. The Morgan fingerprint density at radius 3 is 2.52 bits per heavy atom. The molecule has 0 bridgehead atoms. The molecular weight excluding hydrogens is 314 g/mol. The van der Waals surface area contributed by atoms with Crippen molar-refractivity contribution in [2.75, 3.05) is 23.7 Å². The van der Waals surface area contributed by atoms with E-state index in [4.69, 9.17) is 5.73 Å². The van der Waals surface area contributed by atoms with Crippen LogP contribution in [-0.2, 0) is 0 Å². The van der Waals surface area contributed by atoms with Crippen LogP contribution in [0.1, 0.15) is 38.8 Å². The molecule has 3 heterocycles. The summed E-state index contributed by atoms with van der Waals surface area (Å²) in [7, 11) is 0. The summed E-state index contributed by atoms with van der Waals surface area (Å²) in [5.41, 5.74) is 8.07. The third-order valence-electron chi connectivity index (χ3n) is 4.79. The summed E-state index contributed by atoms with van der Waals surface area (Å²) >= 11 is 0. The van der Waals surface area contributed by atoms with Gasteiger partial charge in [0, 0.05) is 30.4 Å². The summed E-state index contributed by atoms with van der Waals surface area (Å²) in [6.45, 7) is 7.65. The highest BCUT2D eigenvalue weighted by molar-refractivity contribution is 5.77. The maximum absolute atomic E-state index is 10.1. The van der Waals surface area contributed by atoms with E-state index in [9.17, 15) is 5.11 Å². The molecule has 1 aliphatic heterocycles. The van der Waals surface area contributed by atoms with Gasteiger partial charge in [0.05, 0.1) is 11.3 Å². The Morgan fingerprint density at radius 1 is 1.20 bits per heavy atom. The van der Waals surface area contributed by atoms with Crippen molar-refractivity contribution >= 4 is 11.6 Å². The predicted molar refractivity (Wildman–Crippen MR) is 100 cm³/mol. The quantitative estimate of drug-likeness (QED) is 0.889. The lowest BCUT2D eigenvalue weighted by molar-refractivity contribution is 0.0482. The van der Waals surface area contributed by atoms with Gasteiger partial charge in [0.15, 0.2) is 0 Å². The van der Waals surface area contributed by atoms with Crippen molar-refractivity contribution in [1.29, 1.82) is 0 Å². The van der Waals surface area contributed by atoms with Crippen molar-refractivity contribution in [2.24, 2.45) is 5.92 Å². The Hall–Kier alpha value is -2.21. The molecule has 6 heteroatoms. The molecule has 0 atom stereocenters. The molecule has 1 saturated heterocycles. The minimum absolute atomic E-state index is 0.507. The molecule has 1 fully saturated rings. The van der Waals surface area contributed by atoms with Crippen molar-refractivity contribution in [2.45, 2.75) is 45.6 Å². The standard InChI is InChI=1S/C19H27N5O/c1-13-17(15-4-5-16(20)21-11-15)18(23-12-22-13)24-8-6-14(7-9-24)10-19(2,3)25/h4-5,11-12,14,25H,6-10H2,1-3H3,(H2,20,21). The second kappa shape index (κ2) is 6.96. The SMILES string of the molecule is Cc1ncnc(N2CCC(CC(C)(C)O)CC2)c1-c1ccc(N)nc1. The van der Waals surface area contributed by atoms with Gasteiger partial charge < -0.3 is 15.7 Å². The molecule has 0 saturated carbocycles. The molecule has 0 amide bonds. The average Bonchev–Trinajstić information content (AvgIpc) is 2.55. The normalized spacial score (nSPS) is 16.2. The Labute approximate surface area is 149 Å². The first-order chi connectivity index (χ1) is 11.8. The molecular formula is C19H27N5O. The van der Waals surface area contributed by atoms with Gasteiger partial charge in [0.1, 0.15) is 18.0 Å². The van der Waals surface area contributed by atoms with E-state index in [0.29, 0.717) is 11.7 Å². The zero-order valence-corrected chi connectivity index (χ0v) is 15.2. The summed E-state index contributed by atoms with van der Waals surface area (Å²) in [4.78, 5) is 15.5. The molecule has 0 radical (unpaired) electrons. The van der Waals surface area contributed by atoms with Crippen LogP contribution >= 0.6 is 0 Å². The van der Waals surface area contributed by atoms with Crippen LogP contribution in [0.3, 0.4) is 0 Å². The molecule has 134 valence electrons. The minimum Gasteiger partial charge on any atom is -0.390 e. The van der Waals surface area contributed by atoms with Gasteiger partial charge in [0.25, 0.3) is 0 Å². The van der Waals surface area contributed by atoms with Gasteiger partial charge in [-0.1, -0.05) is 0 Å². The van der Waals surface area contributed by atoms with E-state index < -0.39 is 5.60 Å². The number of hydrogen-bond donors (Lipinski definition) is 2. The molecule has 1 aliphatic rings. The monoisotopic (exact) mass is 341 g/mol. The average molecular weight is 341 g/mol. The smallest absolute Gasteiger partial charge is 0.140 e. The van der Waals surface area contributed by atoms with Gasteiger partial charge in [-0.05, 0) is 58.1 Å². The summed E-state index contributed by atoms with van der Waals surface area (Å²) in [6.07, 6.45) is 6.38. The fraction of sp³-hybridized carbons (Fsp3) is 0.526. The minimum atomic E-state index is -0.598. The number of piperidine rings is 1. The Balaban J connectivity index is 1.82. The van der Waals surface area contributed by atoms with Crippen LogP contribution in [0.25, 0.3) is 11.1 Å². The number of pyridine rings is 1. The lowest BCUT2D eigenvalue weighted by Gasteiger charge is -2.36. The van der Waals surface area contributed by atoms with Crippen molar-refractivity contribution in [3.63, 3.8) is 0 Å². The van der Waals surface area contributed by atoms with Gasteiger partial charge in [0.2, 0.25) is 0 Å². The first-order valence-electron chi connectivity index (χ1n) is 8.84. The molecule has 2 aromatic heterocycles. The summed E-state index contributed by atoms with van der Waals surface area (Å²) in [6, 6.07) is 3.78. The van der Waals surface area contributed by atoms with E-state index in [2.05, 4.69) is 19.9 Å². The molecule has 0 spiro atoms.